The molecule has 0 radical (unpaired) electrons. The van der Waals surface area contributed by atoms with Gasteiger partial charge in [0, 0.05) is 12.6 Å². The molecule has 2 aromatic rings. The number of piperidine rings is 1. The number of aromatic nitrogens is 4. The molecule has 0 spiro atoms. The first-order valence-electron chi connectivity index (χ1n) is 5.94. The van der Waals surface area contributed by atoms with Gasteiger partial charge in [0.05, 0.1) is 6.04 Å². The fourth-order valence-corrected chi connectivity index (χ4v) is 2.34. The number of hydrogen-bond donors (Lipinski definition) is 1. The maximum absolute atomic E-state index is 11.3. The van der Waals surface area contributed by atoms with Crippen LogP contribution in [0.25, 0.3) is 5.65 Å². The molecule has 1 aliphatic rings. The minimum atomic E-state index is -0.311. The maximum Gasteiger partial charge on any atom is 0.348 e. The van der Waals surface area contributed by atoms with E-state index in [-0.39, 0.29) is 11.7 Å². The Balaban J connectivity index is 2.02. The summed E-state index contributed by atoms with van der Waals surface area (Å²) in [6, 6.07) is 1.60. The predicted molar refractivity (Wildman–Crippen MR) is 64.7 cm³/mol. The summed E-state index contributed by atoms with van der Waals surface area (Å²) in [7, 11) is 0. The SMILES string of the molecule is O=CC1CCCCN1c1cc2n[nH]c(=O)n2cn1. The molecule has 7 nitrogen and oxygen atoms in total. The Morgan fingerprint density at radius 3 is 3.17 bits per heavy atom. The number of nitrogens with one attached hydrogen (secondary N) is 1. The van der Waals surface area contributed by atoms with Gasteiger partial charge in [0.1, 0.15) is 18.4 Å². The minimum Gasteiger partial charge on any atom is -0.347 e. The first kappa shape index (κ1) is 10.9. The van der Waals surface area contributed by atoms with Gasteiger partial charge in [-0.05, 0) is 19.3 Å². The molecule has 1 atom stereocenters. The average Bonchev–Trinajstić information content (AvgIpc) is 2.80. The van der Waals surface area contributed by atoms with Crippen molar-refractivity contribution in [3.63, 3.8) is 0 Å². The number of H-pyrrole nitrogens is 1. The van der Waals surface area contributed by atoms with E-state index in [9.17, 15) is 9.59 Å². The minimum absolute atomic E-state index is 0.126. The van der Waals surface area contributed by atoms with Gasteiger partial charge in [-0.1, -0.05) is 0 Å². The highest BCUT2D eigenvalue weighted by Gasteiger charge is 2.23. The van der Waals surface area contributed by atoms with Crippen molar-refractivity contribution in [2.45, 2.75) is 25.3 Å². The fourth-order valence-electron chi connectivity index (χ4n) is 2.34. The molecule has 3 rings (SSSR count). The van der Waals surface area contributed by atoms with E-state index >= 15 is 0 Å². The third-order valence-electron chi connectivity index (χ3n) is 3.30. The molecule has 3 heterocycles. The molecule has 1 N–H and O–H groups in total. The summed E-state index contributed by atoms with van der Waals surface area (Å²) >= 11 is 0. The summed E-state index contributed by atoms with van der Waals surface area (Å²) in [5, 5.41) is 6.26. The summed E-state index contributed by atoms with van der Waals surface area (Å²) in [5.41, 5.74) is 0.204. The normalized spacial score (nSPS) is 20.2. The standard InChI is InChI=1S/C11H13N5O2/c17-6-8-3-1-2-4-15(8)9-5-10-13-14-11(18)16(10)7-12-9/h5-8H,1-4H2,(H,14,18). The second-order valence-electron chi connectivity index (χ2n) is 4.40. The first-order chi connectivity index (χ1) is 8.79. The Kier molecular flexibility index (Phi) is 2.58. The lowest BCUT2D eigenvalue weighted by Crippen LogP contribution is -2.41. The molecule has 0 aromatic carbocycles. The Morgan fingerprint density at radius 2 is 2.33 bits per heavy atom. The van der Waals surface area contributed by atoms with Crippen LogP contribution in [0.1, 0.15) is 19.3 Å². The Labute approximate surface area is 102 Å². The molecule has 1 fully saturated rings. The first-order valence-corrected chi connectivity index (χ1v) is 5.94. The van der Waals surface area contributed by atoms with Crippen LogP contribution in [0.15, 0.2) is 17.2 Å². The highest BCUT2D eigenvalue weighted by Crippen LogP contribution is 2.22. The third-order valence-corrected chi connectivity index (χ3v) is 3.30. The van der Waals surface area contributed by atoms with Crippen LogP contribution in [0.2, 0.25) is 0 Å². The van der Waals surface area contributed by atoms with E-state index in [4.69, 9.17) is 0 Å². The molecular formula is C11H13N5O2. The molecule has 0 amide bonds. The average molecular weight is 247 g/mol. The summed E-state index contributed by atoms with van der Waals surface area (Å²) in [4.78, 5) is 28.6. The number of anilines is 1. The molecular weight excluding hydrogens is 234 g/mol. The van der Waals surface area contributed by atoms with E-state index in [0.717, 1.165) is 32.1 Å². The van der Waals surface area contributed by atoms with E-state index < -0.39 is 0 Å². The third kappa shape index (κ3) is 1.68. The highest BCUT2D eigenvalue weighted by molar-refractivity contribution is 5.66. The smallest absolute Gasteiger partial charge is 0.347 e. The van der Waals surface area contributed by atoms with Gasteiger partial charge >= 0.3 is 5.69 Å². The lowest BCUT2D eigenvalue weighted by Gasteiger charge is -2.33. The summed E-state index contributed by atoms with van der Waals surface area (Å²) in [6.07, 6.45) is 5.35. The quantitative estimate of drug-likeness (QED) is 0.754. The molecule has 1 unspecified atom stereocenters. The van der Waals surface area contributed by atoms with Crippen molar-refractivity contribution in [3.8, 4) is 0 Å². The zero-order valence-corrected chi connectivity index (χ0v) is 9.74. The number of nitrogens with zero attached hydrogens (tertiary/aromatic N) is 4. The van der Waals surface area contributed by atoms with E-state index in [1.165, 1.54) is 10.7 Å². The van der Waals surface area contributed by atoms with Crippen molar-refractivity contribution in [2.24, 2.45) is 0 Å². The van der Waals surface area contributed by atoms with Crippen LogP contribution >= 0.6 is 0 Å². The largest absolute Gasteiger partial charge is 0.348 e. The molecule has 2 aromatic heterocycles. The second-order valence-corrected chi connectivity index (χ2v) is 4.40. The zero-order chi connectivity index (χ0) is 12.5. The van der Waals surface area contributed by atoms with Crippen LogP contribution in [-0.2, 0) is 4.79 Å². The lowest BCUT2D eigenvalue weighted by atomic mass is 10.0. The number of rotatable bonds is 2. The molecule has 7 heteroatoms. The zero-order valence-electron chi connectivity index (χ0n) is 9.74. The molecule has 18 heavy (non-hydrogen) atoms. The van der Waals surface area contributed by atoms with Gasteiger partial charge in [-0.3, -0.25) is 0 Å². The van der Waals surface area contributed by atoms with Crippen LogP contribution in [0.3, 0.4) is 0 Å². The molecule has 0 bridgehead atoms. The lowest BCUT2D eigenvalue weighted by molar-refractivity contribution is -0.109. The van der Waals surface area contributed by atoms with Crippen LogP contribution in [-0.4, -0.2) is 38.5 Å². The second kappa shape index (κ2) is 4.25. The van der Waals surface area contributed by atoms with Crippen LogP contribution in [0, 0.1) is 0 Å². The van der Waals surface area contributed by atoms with Gasteiger partial charge in [0.15, 0.2) is 5.65 Å². The highest BCUT2D eigenvalue weighted by atomic mass is 16.1. The summed E-state index contributed by atoms with van der Waals surface area (Å²) in [6.45, 7) is 0.807. The van der Waals surface area contributed by atoms with Crippen LogP contribution in [0.4, 0.5) is 5.82 Å². The topological polar surface area (TPSA) is 83.4 Å². The van der Waals surface area contributed by atoms with E-state index in [2.05, 4.69) is 15.2 Å². The van der Waals surface area contributed by atoms with Crippen molar-refractivity contribution in [2.75, 3.05) is 11.4 Å². The van der Waals surface area contributed by atoms with Gasteiger partial charge in [0.25, 0.3) is 0 Å². The van der Waals surface area contributed by atoms with Gasteiger partial charge in [-0.15, -0.1) is 0 Å². The van der Waals surface area contributed by atoms with E-state index in [1.807, 2.05) is 4.90 Å². The van der Waals surface area contributed by atoms with Crippen molar-refractivity contribution in [1.29, 1.82) is 0 Å². The number of fused-ring (bicyclic) bond motifs is 1. The van der Waals surface area contributed by atoms with E-state index in [1.54, 1.807) is 6.07 Å². The number of aromatic amines is 1. The Morgan fingerprint density at radius 1 is 1.44 bits per heavy atom. The summed E-state index contributed by atoms with van der Waals surface area (Å²) < 4.78 is 1.34. The number of aldehydes is 1. The Bertz CT molecular complexity index is 632. The molecule has 1 aliphatic heterocycles. The summed E-state index contributed by atoms with van der Waals surface area (Å²) in [5.74, 6) is 0.693. The van der Waals surface area contributed by atoms with Gasteiger partial charge in [-0.25, -0.2) is 19.3 Å². The van der Waals surface area contributed by atoms with Crippen LogP contribution in [0.5, 0.6) is 0 Å². The predicted octanol–water partition coefficient (Wildman–Crippen LogP) is -0.0246. The van der Waals surface area contributed by atoms with Gasteiger partial charge in [0.2, 0.25) is 0 Å². The van der Waals surface area contributed by atoms with Crippen molar-refractivity contribution in [3.05, 3.63) is 22.9 Å². The fraction of sp³-hybridized carbons (Fsp3) is 0.455. The number of carbonyl (C=O) groups is 1. The number of hydrogen-bond acceptors (Lipinski definition) is 5. The maximum atomic E-state index is 11.3. The monoisotopic (exact) mass is 247 g/mol. The molecule has 1 saturated heterocycles. The van der Waals surface area contributed by atoms with Gasteiger partial charge < -0.3 is 9.69 Å². The van der Waals surface area contributed by atoms with E-state index in [0.29, 0.717) is 11.5 Å². The van der Waals surface area contributed by atoms with Gasteiger partial charge in [-0.2, -0.15) is 5.10 Å². The molecule has 94 valence electrons. The molecule has 0 aliphatic carbocycles. The van der Waals surface area contributed by atoms with Crippen molar-refractivity contribution >= 4 is 17.8 Å². The Hall–Kier alpha value is -2.18. The van der Waals surface area contributed by atoms with Crippen molar-refractivity contribution < 1.29 is 4.79 Å². The molecule has 0 saturated carbocycles. The van der Waals surface area contributed by atoms with Crippen LogP contribution < -0.4 is 10.6 Å². The number of carbonyl (C=O) groups excluding carboxylic acids is 1. The van der Waals surface area contributed by atoms with Crippen molar-refractivity contribution in [1.82, 2.24) is 19.6 Å².